The number of nitrogens with two attached hydrogens (primary N) is 1. The summed E-state index contributed by atoms with van der Waals surface area (Å²) in [4.78, 5) is 12.1. The van der Waals surface area contributed by atoms with E-state index in [9.17, 15) is 0 Å². The summed E-state index contributed by atoms with van der Waals surface area (Å²) in [7, 11) is 1.71. The first-order chi connectivity index (χ1) is 9.26. The van der Waals surface area contributed by atoms with E-state index in [0.717, 1.165) is 38.8 Å². The van der Waals surface area contributed by atoms with Crippen LogP contribution < -0.4 is 15.8 Å². The molecule has 0 aliphatic heterocycles. The van der Waals surface area contributed by atoms with Gasteiger partial charge in [0.25, 0.3) is 0 Å². The number of aromatic nitrogens is 3. The number of ether oxygens (including phenoxy) is 2. The Bertz CT molecular complexity index is 362. The van der Waals surface area contributed by atoms with E-state index in [4.69, 9.17) is 15.2 Å². The molecule has 0 atom stereocenters. The predicted octanol–water partition coefficient (Wildman–Crippen LogP) is 1.47. The van der Waals surface area contributed by atoms with Gasteiger partial charge in [0.15, 0.2) is 0 Å². The average molecular weight is 269 g/mol. The van der Waals surface area contributed by atoms with Crippen molar-refractivity contribution >= 4 is 11.9 Å². The molecule has 19 heavy (non-hydrogen) atoms. The fourth-order valence-electron chi connectivity index (χ4n) is 1.46. The molecule has 7 nitrogen and oxygen atoms in total. The van der Waals surface area contributed by atoms with E-state index in [-0.39, 0.29) is 12.0 Å². The van der Waals surface area contributed by atoms with Gasteiger partial charge in [0.2, 0.25) is 11.9 Å². The molecule has 7 heteroatoms. The molecule has 1 aromatic rings. The molecule has 0 bridgehead atoms. The zero-order chi connectivity index (χ0) is 13.9. The van der Waals surface area contributed by atoms with Crippen LogP contribution in [0.25, 0.3) is 0 Å². The molecular weight excluding hydrogens is 246 g/mol. The first-order valence-corrected chi connectivity index (χ1v) is 6.63. The average Bonchev–Trinajstić information content (AvgIpc) is 2.40. The molecule has 0 aliphatic carbocycles. The van der Waals surface area contributed by atoms with Crippen molar-refractivity contribution in [3.8, 4) is 6.01 Å². The van der Waals surface area contributed by atoms with Crippen LogP contribution in [0.5, 0.6) is 6.01 Å². The van der Waals surface area contributed by atoms with Crippen molar-refractivity contribution in [3.05, 3.63) is 0 Å². The molecule has 0 unspecified atom stereocenters. The van der Waals surface area contributed by atoms with Gasteiger partial charge in [0.05, 0.1) is 6.61 Å². The maximum Gasteiger partial charge on any atom is 0.323 e. The number of hydrogen-bond acceptors (Lipinski definition) is 7. The second-order valence-corrected chi connectivity index (χ2v) is 4.13. The Labute approximate surface area is 113 Å². The van der Waals surface area contributed by atoms with E-state index in [1.165, 1.54) is 0 Å². The molecule has 0 saturated heterocycles. The maximum absolute atomic E-state index is 5.60. The summed E-state index contributed by atoms with van der Waals surface area (Å²) in [5.74, 6) is 0.633. The van der Waals surface area contributed by atoms with Crippen LogP contribution >= 0.6 is 0 Å². The number of nitrogens with one attached hydrogen (secondary N) is 1. The van der Waals surface area contributed by atoms with Gasteiger partial charge in [0, 0.05) is 20.3 Å². The molecule has 1 rings (SSSR count). The minimum Gasteiger partial charge on any atom is -0.463 e. The van der Waals surface area contributed by atoms with Crippen molar-refractivity contribution in [1.82, 2.24) is 15.0 Å². The Morgan fingerprint density at radius 1 is 1.11 bits per heavy atom. The number of rotatable bonds is 10. The van der Waals surface area contributed by atoms with Gasteiger partial charge >= 0.3 is 6.01 Å². The van der Waals surface area contributed by atoms with Crippen molar-refractivity contribution in [2.45, 2.75) is 32.6 Å². The van der Waals surface area contributed by atoms with Crippen LogP contribution in [-0.2, 0) is 4.74 Å². The van der Waals surface area contributed by atoms with E-state index in [1.54, 1.807) is 7.11 Å². The lowest BCUT2D eigenvalue weighted by molar-refractivity contribution is 0.192. The summed E-state index contributed by atoms with van der Waals surface area (Å²) in [6, 6.07) is 0.274. The van der Waals surface area contributed by atoms with E-state index < -0.39 is 0 Å². The van der Waals surface area contributed by atoms with E-state index in [0.29, 0.717) is 12.6 Å². The first-order valence-electron chi connectivity index (χ1n) is 6.63. The van der Waals surface area contributed by atoms with Gasteiger partial charge in [-0.3, -0.25) is 0 Å². The van der Waals surface area contributed by atoms with Crippen molar-refractivity contribution in [1.29, 1.82) is 0 Å². The van der Waals surface area contributed by atoms with Crippen LogP contribution in [0, 0.1) is 0 Å². The van der Waals surface area contributed by atoms with Crippen LogP contribution in [-0.4, -0.2) is 41.8 Å². The SMILES string of the molecule is CCCOc1nc(N)nc(NCCCCCOC)n1. The third kappa shape index (κ3) is 6.76. The van der Waals surface area contributed by atoms with Gasteiger partial charge in [-0.15, -0.1) is 0 Å². The second-order valence-electron chi connectivity index (χ2n) is 4.13. The Balaban J connectivity index is 2.34. The topological polar surface area (TPSA) is 95.2 Å². The molecular formula is C12H23N5O2. The number of anilines is 2. The maximum atomic E-state index is 5.60. The second kappa shape index (κ2) is 9.32. The van der Waals surface area contributed by atoms with Crippen molar-refractivity contribution in [3.63, 3.8) is 0 Å². The molecule has 0 amide bonds. The minimum atomic E-state index is 0.169. The zero-order valence-corrected chi connectivity index (χ0v) is 11.7. The first kappa shape index (κ1) is 15.4. The number of methoxy groups -OCH3 is 1. The highest BCUT2D eigenvalue weighted by atomic mass is 16.5. The van der Waals surface area contributed by atoms with Crippen LogP contribution in [0.3, 0.4) is 0 Å². The predicted molar refractivity (Wildman–Crippen MR) is 74.2 cm³/mol. The summed E-state index contributed by atoms with van der Waals surface area (Å²) >= 11 is 0. The molecule has 1 heterocycles. The lowest BCUT2D eigenvalue weighted by Crippen LogP contribution is -2.10. The normalized spacial score (nSPS) is 10.4. The highest BCUT2D eigenvalue weighted by Gasteiger charge is 2.04. The van der Waals surface area contributed by atoms with Crippen molar-refractivity contribution in [2.75, 3.05) is 37.9 Å². The molecule has 0 spiro atoms. The largest absolute Gasteiger partial charge is 0.463 e. The quantitative estimate of drug-likeness (QED) is 0.621. The minimum absolute atomic E-state index is 0.169. The highest BCUT2D eigenvalue weighted by Crippen LogP contribution is 2.09. The fourth-order valence-corrected chi connectivity index (χ4v) is 1.46. The fraction of sp³-hybridized carbons (Fsp3) is 0.750. The molecule has 0 fully saturated rings. The number of nitrogen functional groups attached to an aromatic ring is 1. The Kier molecular flexibility index (Phi) is 7.57. The van der Waals surface area contributed by atoms with Crippen molar-refractivity contribution in [2.24, 2.45) is 0 Å². The van der Waals surface area contributed by atoms with E-state index in [1.807, 2.05) is 6.92 Å². The van der Waals surface area contributed by atoms with Gasteiger partial charge in [0.1, 0.15) is 0 Å². The third-order valence-electron chi connectivity index (χ3n) is 2.38. The van der Waals surface area contributed by atoms with Gasteiger partial charge in [-0.25, -0.2) is 0 Å². The van der Waals surface area contributed by atoms with Crippen LogP contribution in [0.15, 0.2) is 0 Å². The van der Waals surface area contributed by atoms with Crippen LogP contribution in [0.1, 0.15) is 32.6 Å². The Hall–Kier alpha value is -1.63. The van der Waals surface area contributed by atoms with Gasteiger partial charge < -0.3 is 20.5 Å². The Morgan fingerprint density at radius 2 is 1.95 bits per heavy atom. The zero-order valence-electron chi connectivity index (χ0n) is 11.7. The van der Waals surface area contributed by atoms with Crippen LogP contribution in [0.2, 0.25) is 0 Å². The summed E-state index contributed by atoms with van der Waals surface area (Å²) in [5, 5.41) is 3.12. The van der Waals surface area contributed by atoms with Crippen molar-refractivity contribution < 1.29 is 9.47 Å². The monoisotopic (exact) mass is 269 g/mol. The summed E-state index contributed by atoms with van der Waals surface area (Å²) in [6.45, 7) is 4.18. The smallest absolute Gasteiger partial charge is 0.323 e. The Morgan fingerprint density at radius 3 is 2.68 bits per heavy atom. The number of hydrogen-bond donors (Lipinski definition) is 2. The van der Waals surface area contributed by atoms with Crippen LogP contribution in [0.4, 0.5) is 11.9 Å². The molecule has 0 aromatic carbocycles. The summed E-state index contributed by atoms with van der Waals surface area (Å²) in [6.07, 6.45) is 4.08. The molecule has 108 valence electrons. The van der Waals surface area contributed by atoms with Gasteiger partial charge in [-0.2, -0.15) is 15.0 Å². The van der Waals surface area contributed by atoms with E-state index >= 15 is 0 Å². The third-order valence-corrected chi connectivity index (χ3v) is 2.38. The summed E-state index contributed by atoms with van der Waals surface area (Å²) < 4.78 is 10.3. The highest BCUT2D eigenvalue weighted by molar-refractivity contribution is 5.32. The lowest BCUT2D eigenvalue weighted by atomic mass is 10.2. The summed E-state index contributed by atoms with van der Waals surface area (Å²) in [5.41, 5.74) is 5.60. The number of nitrogens with zero attached hydrogens (tertiary/aromatic N) is 3. The van der Waals surface area contributed by atoms with E-state index in [2.05, 4.69) is 20.3 Å². The molecule has 3 N–H and O–H groups in total. The van der Waals surface area contributed by atoms with Gasteiger partial charge in [-0.05, 0) is 25.7 Å². The molecule has 1 aromatic heterocycles. The molecule has 0 radical (unpaired) electrons. The molecule has 0 aliphatic rings. The standard InChI is InChI=1S/C12H23N5O2/c1-3-8-19-12-16-10(13)15-11(17-12)14-7-5-4-6-9-18-2/h3-9H2,1-2H3,(H3,13,14,15,16,17). The van der Waals surface area contributed by atoms with Gasteiger partial charge in [-0.1, -0.05) is 6.92 Å². The molecule has 0 saturated carbocycles. The number of unbranched alkanes of at least 4 members (excludes halogenated alkanes) is 2. The lowest BCUT2D eigenvalue weighted by Gasteiger charge is -2.07.